The number of hydrogen-bond acceptors (Lipinski definition) is 2. The van der Waals surface area contributed by atoms with E-state index >= 15 is 0 Å². The van der Waals surface area contributed by atoms with E-state index in [4.69, 9.17) is 0 Å². The number of likely N-dealkylation sites (tertiary alicyclic amines) is 1. The number of nitrogens with one attached hydrogen (secondary N) is 1. The lowest BCUT2D eigenvalue weighted by atomic mass is 10.2. The first kappa shape index (κ1) is 12.8. The standard InChI is InChI=1S/C13H16F2N2O/c1-9(13(18)17-4-2-3-5-17)16-12-7-10(14)6-11(15)8-12/h6-9,16H,2-5H2,1H3. The van der Waals surface area contributed by atoms with Crippen molar-refractivity contribution in [3.8, 4) is 0 Å². The monoisotopic (exact) mass is 254 g/mol. The van der Waals surface area contributed by atoms with Gasteiger partial charge in [-0.1, -0.05) is 0 Å². The Labute approximate surface area is 105 Å². The highest BCUT2D eigenvalue weighted by atomic mass is 19.1. The second-order valence-corrected chi connectivity index (χ2v) is 4.56. The molecule has 1 aromatic carbocycles. The third kappa shape index (κ3) is 2.97. The SMILES string of the molecule is CC(Nc1cc(F)cc(F)c1)C(=O)N1CCCC1. The highest BCUT2D eigenvalue weighted by Gasteiger charge is 2.23. The fraction of sp³-hybridized carbons (Fsp3) is 0.462. The number of nitrogens with zero attached hydrogens (tertiary/aromatic N) is 1. The average Bonchev–Trinajstić information content (AvgIpc) is 2.79. The summed E-state index contributed by atoms with van der Waals surface area (Å²) in [6.45, 7) is 3.23. The van der Waals surface area contributed by atoms with E-state index in [-0.39, 0.29) is 11.6 Å². The van der Waals surface area contributed by atoms with Gasteiger partial charge in [-0.05, 0) is 31.9 Å². The van der Waals surface area contributed by atoms with Crippen molar-refractivity contribution in [3.63, 3.8) is 0 Å². The molecule has 18 heavy (non-hydrogen) atoms. The zero-order chi connectivity index (χ0) is 13.1. The Bertz CT molecular complexity index is 424. The second-order valence-electron chi connectivity index (χ2n) is 4.56. The smallest absolute Gasteiger partial charge is 0.244 e. The molecule has 98 valence electrons. The summed E-state index contributed by atoms with van der Waals surface area (Å²) in [5, 5.41) is 2.83. The Balaban J connectivity index is 2.01. The lowest BCUT2D eigenvalue weighted by Gasteiger charge is -2.21. The van der Waals surface area contributed by atoms with Gasteiger partial charge in [-0.2, -0.15) is 0 Å². The number of halogens is 2. The van der Waals surface area contributed by atoms with Crippen LogP contribution in [0, 0.1) is 11.6 Å². The number of amides is 1. The van der Waals surface area contributed by atoms with Crippen molar-refractivity contribution in [2.75, 3.05) is 18.4 Å². The molecule has 1 aliphatic rings. The summed E-state index contributed by atoms with van der Waals surface area (Å²) in [5.41, 5.74) is 0.285. The minimum atomic E-state index is -0.654. The number of carbonyl (C=O) groups excluding carboxylic acids is 1. The van der Waals surface area contributed by atoms with E-state index in [0.29, 0.717) is 0 Å². The van der Waals surface area contributed by atoms with Crippen LogP contribution in [0.1, 0.15) is 19.8 Å². The van der Waals surface area contributed by atoms with Gasteiger partial charge in [0.2, 0.25) is 5.91 Å². The number of benzene rings is 1. The molecule has 0 spiro atoms. The molecule has 1 atom stereocenters. The molecule has 1 unspecified atom stereocenters. The zero-order valence-corrected chi connectivity index (χ0v) is 10.2. The molecule has 1 saturated heterocycles. The molecule has 1 N–H and O–H groups in total. The maximum atomic E-state index is 13.0. The van der Waals surface area contributed by atoms with Crippen LogP contribution in [-0.4, -0.2) is 29.9 Å². The topological polar surface area (TPSA) is 32.3 Å². The van der Waals surface area contributed by atoms with Gasteiger partial charge in [0.25, 0.3) is 0 Å². The summed E-state index contributed by atoms with van der Waals surface area (Å²) < 4.78 is 26.0. The van der Waals surface area contributed by atoms with Gasteiger partial charge in [-0.3, -0.25) is 4.79 Å². The van der Waals surface area contributed by atoms with Crippen LogP contribution in [-0.2, 0) is 4.79 Å². The molecule has 1 fully saturated rings. The van der Waals surface area contributed by atoms with Crippen LogP contribution in [0.5, 0.6) is 0 Å². The summed E-state index contributed by atoms with van der Waals surface area (Å²) in [5.74, 6) is -1.34. The third-order valence-corrected chi connectivity index (χ3v) is 3.03. The minimum absolute atomic E-state index is 0.0304. The van der Waals surface area contributed by atoms with Crippen molar-refractivity contribution in [2.45, 2.75) is 25.8 Å². The molecule has 0 saturated carbocycles. The van der Waals surface area contributed by atoms with Crippen LogP contribution in [0.4, 0.5) is 14.5 Å². The van der Waals surface area contributed by atoms with Gasteiger partial charge in [-0.25, -0.2) is 8.78 Å². The van der Waals surface area contributed by atoms with Gasteiger partial charge in [0.05, 0.1) is 0 Å². The summed E-state index contributed by atoms with van der Waals surface area (Å²) in [6, 6.07) is 2.68. The largest absolute Gasteiger partial charge is 0.374 e. The molecule has 1 amide bonds. The predicted molar refractivity (Wildman–Crippen MR) is 65.3 cm³/mol. The number of anilines is 1. The summed E-state index contributed by atoms with van der Waals surface area (Å²) in [6.07, 6.45) is 2.04. The van der Waals surface area contributed by atoms with Gasteiger partial charge < -0.3 is 10.2 Å². The van der Waals surface area contributed by atoms with E-state index in [9.17, 15) is 13.6 Å². The molecule has 0 aromatic heterocycles. The number of carbonyl (C=O) groups is 1. The molecule has 0 radical (unpaired) electrons. The van der Waals surface area contributed by atoms with Crippen LogP contribution in [0.3, 0.4) is 0 Å². The molecular weight excluding hydrogens is 238 g/mol. The van der Waals surface area contributed by atoms with E-state index in [0.717, 1.165) is 32.0 Å². The Morgan fingerprint density at radius 3 is 2.33 bits per heavy atom. The lowest BCUT2D eigenvalue weighted by molar-refractivity contribution is -0.130. The van der Waals surface area contributed by atoms with Crippen LogP contribution >= 0.6 is 0 Å². The van der Waals surface area contributed by atoms with Crippen molar-refractivity contribution in [3.05, 3.63) is 29.8 Å². The maximum Gasteiger partial charge on any atom is 0.244 e. The molecule has 1 aromatic rings. The normalized spacial score (nSPS) is 16.7. The van der Waals surface area contributed by atoms with E-state index in [1.54, 1.807) is 11.8 Å². The van der Waals surface area contributed by atoms with E-state index in [1.807, 2.05) is 0 Å². The predicted octanol–water partition coefficient (Wildman–Crippen LogP) is 2.39. The highest BCUT2D eigenvalue weighted by molar-refractivity contribution is 5.84. The van der Waals surface area contributed by atoms with E-state index < -0.39 is 17.7 Å². The van der Waals surface area contributed by atoms with Gasteiger partial charge in [0.15, 0.2) is 0 Å². The molecule has 5 heteroatoms. The first-order chi connectivity index (χ1) is 8.56. The molecule has 1 heterocycles. The zero-order valence-electron chi connectivity index (χ0n) is 10.2. The summed E-state index contributed by atoms with van der Waals surface area (Å²) in [4.78, 5) is 13.8. The fourth-order valence-electron chi connectivity index (χ4n) is 2.16. The quantitative estimate of drug-likeness (QED) is 0.898. The van der Waals surface area contributed by atoms with Gasteiger partial charge >= 0.3 is 0 Å². The Hall–Kier alpha value is -1.65. The van der Waals surface area contributed by atoms with E-state index in [1.165, 1.54) is 12.1 Å². The number of hydrogen-bond donors (Lipinski definition) is 1. The molecule has 0 bridgehead atoms. The van der Waals surface area contributed by atoms with Crippen LogP contribution in [0.15, 0.2) is 18.2 Å². The minimum Gasteiger partial charge on any atom is -0.374 e. The van der Waals surface area contributed by atoms with E-state index in [2.05, 4.69) is 5.32 Å². The van der Waals surface area contributed by atoms with Crippen molar-refractivity contribution in [2.24, 2.45) is 0 Å². The first-order valence-electron chi connectivity index (χ1n) is 6.07. The molecule has 3 nitrogen and oxygen atoms in total. The Morgan fingerprint density at radius 1 is 1.22 bits per heavy atom. The summed E-state index contributed by atoms with van der Waals surface area (Å²) in [7, 11) is 0. The van der Waals surface area contributed by atoms with Crippen molar-refractivity contribution in [1.82, 2.24) is 4.90 Å². The average molecular weight is 254 g/mol. The van der Waals surface area contributed by atoms with Crippen molar-refractivity contribution >= 4 is 11.6 Å². The number of rotatable bonds is 3. The maximum absolute atomic E-state index is 13.0. The third-order valence-electron chi connectivity index (χ3n) is 3.03. The van der Waals surface area contributed by atoms with Gasteiger partial charge in [0.1, 0.15) is 17.7 Å². The van der Waals surface area contributed by atoms with Crippen molar-refractivity contribution < 1.29 is 13.6 Å². The molecule has 1 aliphatic heterocycles. The molecule has 0 aliphatic carbocycles. The van der Waals surface area contributed by atoms with Gasteiger partial charge in [-0.15, -0.1) is 0 Å². The second kappa shape index (κ2) is 5.33. The molecule has 2 rings (SSSR count). The van der Waals surface area contributed by atoms with Crippen LogP contribution in [0.25, 0.3) is 0 Å². The highest BCUT2D eigenvalue weighted by Crippen LogP contribution is 2.16. The lowest BCUT2D eigenvalue weighted by Crippen LogP contribution is -2.39. The van der Waals surface area contributed by atoms with Crippen LogP contribution < -0.4 is 5.32 Å². The van der Waals surface area contributed by atoms with Gasteiger partial charge in [0, 0.05) is 24.8 Å². The summed E-state index contributed by atoms with van der Waals surface area (Å²) >= 11 is 0. The Kier molecular flexibility index (Phi) is 3.79. The first-order valence-corrected chi connectivity index (χ1v) is 6.07. The molecular formula is C13H16F2N2O. The fourth-order valence-corrected chi connectivity index (χ4v) is 2.16. The Morgan fingerprint density at radius 2 is 1.78 bits per heavy atom. The van der Waals surface area contributed by atoms with Crippen LogP contribution in [0.2, 0.25) is 0 Å². The van der Waals surface area contributed by atoms with Crippen molar-refractivity contribution in [1.29, 1.82) is 0 Å².